The van der Waals surface area contributed by atoms with E-state index in [0.29, 0.717) is 0 Å². The zero-order valence-electron chi connectivity index (χ0n) is 6.33. The summed E-state index contributed by atoms with van der Waals surface area (Å²) in [6, 6.07) is 8.56. The van der Waals surface area contributed by atoms with Crippen LogP contribution in [0.2, 0.25) is 0 Å². The van der Waals surface area contributed by atoms with Gasteiger partial charge in [0, 0.05) is 0 Å². The summed E-state index contributed by atoms with van der Waals surface area (Å²) in [7, 11) is 0. The molecule has 0 radical (unpaired) electrons. The zero-order chi connectivity index (χ0) is 8.39. The molecule has 1 aromatic carbocycles. The lowest BCUT2D eigenvalue weighted by Crippen LogP contribution is -1.74. The number of hydrogen-bond acceptors (Lipinski definition) is 1. The molecule has 0 N–H and O–H groups in total. The predicted octanol–water partition coefficient (Wildman–Crippen LogP) is 3.55. The molecule has 2 rings (SSSR count). The van der Waals surface area contributed by atoms with Crippen LogP contribution in [0.25, 0.3) is 11.1 Å². The lowest BCUT2D eigenvalue weighted by molar-refractivity contribution is 0.628. The van der Waals surface area contributed by atoms with Gasteiger partial charge in [-0.05, 0) is 40.1 Å². The highest BCUT2D eigenvalue weighted by Crippen LogP contribution is 2.21. The summed E-state index contributed by atoms with van der Waals surface area (Å²) in [5, 5.41) is 4.06. The molecule has 12 heavy (non-hydrogen) atoms. The molecule has 60 valence electrons. The summed E-state index contributed by atoms with van der Waals surface area (Å²) in [6.07, 6.45) is 0. The maximum Gasteiger partial charge on any atom is 0.123 e. The summed E-state index contributed by atoms with van der Waals surface area (Å²) in [4.78, 5) is 0. The SMILES string of the molecule is Fc1ccc(-c2ccsc2)cc1. The summed E-state index contributed by atoms with van der Waals surface area (Å²) >= 11 is 1.64. The molecule has 0 aliphatic heterocycles. The fourth-order valence-electron chi connectivity index (χ4n) is 1.07. The van der Waals surface area contributed by atoms with Gasteiger partial charge in [0.15, 0.2) is 0 Å². The number of rotatable bonds is 1. The Kier molecular flexibility index (Phi) is 1.92. The van der Waals surface area contributed by atoms with Crippen molar-refractivity contribution in [2.45, 2.75) is 0 Å². The molecule has 0 nitrogen and oxygen atoms in total. The van der Waals surface area contributed by atoms with E-state index < -0.39 is 0 Å². The molecule has 0 saturated carbocycles. The zero-order valence-corrected chi connectivity index (χ0v) is 7.14. The fraction of sp³-hybridized carbons (Fsp3) is 0. The molecular weight excluding hydrogens is 171 g/mol. The second-order valence-electron chi connectivity index (χ2n) is 2.52. The first-order chi connectivity index (χ1) is 5.86. The third kappa shape index (κ3) is 1.38. The van der Waals surface area contributed by atoms with E-state index in [2.05, 4.69) is 0 Å². The van der Waals surface area contributed by atoms with Crippen molar-refractivity contribution in [2.75, 3.05) is 0 Å². The van der Waals surface area contributed by atoms with Crippen LogP contribution in [0, 0.1) is 5.82 Å². The Balaban J connectivity index is 2.43. The Bertz CT molecular complexity index is 348. The van der Waals surface area contributed by atoms with E-state index in [9.17, 15) is 4.39 Å². The van der Waals surface area contributed by atoms with E-state index in [1.807, 2.05) is 16.8 Å². The molecule has 0 bridgehead atoms. The second-order valence-corrected chi connectivity index (χ2v) is 3.30. The van der Waals surface area contributed by atoms with Crippen LogP contribution in [0.5, 0.6) is 0 Å². The Hall–Kier alpha value is -1.15. The summed E-state index contributed by atoms with van der Waals surface area (Å²) in [5.41, 5.74) is 2.22. The van der Waals surface area contributed by atoms with Crippen LogP contribution in [0.4, 0.5) is 4.39 Å². The average Bonchev–Trinajstić information content (AvgIpc) is 2.58. The minimum Gasteiger partial charge on any atom is -0.207 e. The number of hydrogen-bond donors (Lipinski definition) is 0. The highest BCUT2D eigenvalue weighted by molar-refractivity contribution is 7.08. The molecule has 0 spiro atoms. The van der Waals surface area contributed by atoms with Crippen molar-refractivity contribution in [1.82, 2.24) is 0 Å². The first kappa shape index (κ1) is 7.50. The molecule has 0 unspecified atom stereocenters. The van der Waals surface area contributed by atoms with Crippen LogP contribution < -0.4 is 0 Å². The van der Waals surface area contributed by atoms with Crippen LogP contribution in [0.15, 0.2) is 41.1 Å². The van der Waals surface area contributed by atoms with Gasteiger partial charge in [0.1, 0.15) is 5.82 Å². The summed E-state index contributed by atoms with van der Waals surface area (Å²) in [6.45, 7) is 0. The van der Waals surface area contributed by atoms with Gasteiger partial charge in [-0.15, -0.1) is 0 Å². The molecule has 0 saturated heterocycles. The van der Waals surface area contributed by atoms with Gasteiger partial charge in [-0.3, -0.25) is 0 Å². The maximum atomic E-state index is 12.5. The van der Waals surface area contributed by atoms with Crippen LogP contribution in [0.3, 0.4) is 0 Å². The van der Waals surface area contributed by atoms with Gasteiger partial charge in [0.25, 0.3) is 0 Å². The molecule has 0 fully saturated rings. The van der Waals surface area contributed by atoms with Crippen LogP contribution in [-0.2, 0) is 0 Å². The van der Waals surface area contributed by atoms with Crippen molar-refractivity contribution in [2.24, 2.45) is 0 Å². The third-order valence-electron chi connectivity index (χ3n) is 1.70. The van der Waals surface area contributed by atoms with E-state index in [4.69, 9.17) is 0 Å². The van der Waals surface area contributed by atoms with Gasteiger partial charge in [-0.2, -0.15) is 11.3 Å². The van der Waals surface area contributed by atoms with Crippen LogP contribution in [-0.4, -0.2) is 0 Å². The molecule has 0 amide bonds. The minimum absolute atomic E-state index is 0.186. The van der Waals surface area contributed by atoms with Crippen molar-refractivity contribution < 1.29 is 4.39 Å². The van der Waals surface area contributed by atoms with Gasteiger partial charge in [-0.1, -0.05) is 12.1 Å². The quantitative estimate of drug-likeness (QED) is 0.626. The van der Waals surface area contributed by atoms with Gasteiger partial charge in [0.05, 0.1) is 0 Å². The van der Waals surface area contributed by atoms with Gasteiger partial charge in [0.2, 0.25) is 0 Å². The van der Waals surface area contributed by atoms with Gasteiger partial charge < -0.3 is 0 Å². The Morgan fingerprint density at radius 2 is 1.67 bits per heavy atom. The first-order valence-electron chi connectivity index (χ1n) is 3.64. The van der Waals surface area contributed by atoms with Crippen molar-refractivity contribution in [3.8, 4) is 11.1 Å². The molecular formula is C10H7FS. The number of halogens is 1. The third-order valence-corrected chi connectivity index (χ3v) is 2.38. The Morgan fingerprint density at radius 3 is 2.25 bits per heavy atom. The van der Waals surface area contributed by atoms with Crippen molar-refractivity contribution >= 4 is 11.3 Å². The number of benzene rings is 1. The largest absolute Gasteiger partial charge is 0.207 e. The van der Waals surface area contributed by atoms with Crippen molar-refractivity contribution in [3.05, 3.63) is 46.9 Å². The second kappa shape index (κ2) is 3.07. The first-order valence-corrected chi connectivity index (χ1v) is 4.59. The normalized spacial score (nSPS) is 10.1. The Morgan fingerprint density at radius 1 is 0.917 bits per heavy atom. The average molecular weight is 178 g/mol. The summed E-state index contributed by atoms with van der Waals surface area (Å²) < 4.78 is 12.5. The van der Waals surface area contributed by atoms with E-state index >= 15 is 0 Å². The number of thiophene rings is 1. The maximum absolute atomic E-state index is 12.5. The topological polar surface area (TPSA) is 0 Å². The van der Waals surface area contributed by atoms with E-state index in [1.165, 1.54) is 12.1 Å². The smallest absolute Gasteiger partial charge is 0.123 e. The van der Waals surface area contributed by atoms with Crippen LogP contribution >= 0.6 is 11.3 Å². The van der Waals surface area contributed by atoms with Gasteiger partial charge in [-0.25, -0.2) is 4.39 Å². The van der Waals surface area contributed by atoms with E-state index in [0.717, 1.165) is 11.1 Å². The highest BCUT2D eigenvalue weighted by atomic mass is 32.1. The minimum atomic E-state index is -0.186. The molecule has 1 aromatic heterocycles. The molecule has 2 aromatic rings. The lowest BCUT2D eigenvalue weighted by Gasteiger charge is -1.95. The fourth-order valence-corrected chi connectivity index (χ4v) is 1.74. The lowest BCUT2D eigenvalue weighted by atomic mass is 10.1. The Labute approximate surface area is 74.3 Å². The van der Waals surface area contributed by atoms with E-state index in [1.54, 1.807) is 23.5 Å². The summed E-state index contributed by atoms with van der Waals surface area (Å²) in [5.74, 6) is -0.186. The standard InChI is InChI=1S/C10H7FS/c11-10-3-1-8(2-4-10)9-5-6-12-7-9/h1-7H. The molecule has 1 heterocycles. The molecule has 0 aliphatic rings. The highest BCUT2D eigenvalue weighted by Gasteiger charge is 1.96. The predicted molar refractivity (Wildman–Crippen MR) is 49.7 cm³/mol. The monoisotopic (exact) mass is 178 g/mol. The molecule has 0 atom stereocenters. The molecule has 0 aliphatic carbocycles. The van der Waals surface area contributed by atoms with Crippen molar-refractivity contribution in [3.63, 3.8) is 0 Å². The molecule has 2 heteroatoms. The van der Waals surface area contributed by atoms with Crippen molar-refractivity contribution in [1.29, 1.82) is 0 Å². The van der Waals surface area contributed by atoms with Gasteiger partial charge >= 0.3 is 0 Å². The van der Waals surface area contributed by atoms with E-state index in [-0.39, 0.29) is 5.82 Å². The van der Waals surface area contributed by atoms with Crippen LogP contribution in [0.1, 0.15) is 0 Å².